The Kier molecular flexibility index (Phi) is 11.2. The van der Waals surface area contributed by atoms with E-state index in [1.54, 1.807) is 44.2 Å². The fourth-order valence-electron chi connectivity index (χ4n) is 4.28. The number of primary amides is 1. The van der Waals surface area contributed by atoms with Gasteiger partial charge in [0.1, 0.15) is 11.5 Å². The number of halogens is 1. The van der Waals surface area contributed by atoms with Gasteiger partial charge in [-0.3, -0.25) is 19.4 Å². The van der Waals surface area contributed by atoms with E-state index in [1.807, 2.05) is 0 Å². The van der Waals surface area contributed by atoms with Gasteiger partial charge in [0.25, 0.3) is 5.91 Å². The minimum Gasteiger partial charge on any atom is -0.438 e. The molecule has 6 N–H and O–H groups in total. The van der Waals surface area contributed by atoms with Crippen molar-refractivity contribution in [2.75, 3.05) is 13.3 Å². The van der Waals surface area contributed by atoms with Crippen molar-refractivity contribution in [1.82, 2.24) is 15.3 Å². The number of hydrogen-bond donors (Lipinski definition) is 4. The summed E-state index contributed by atoms with van der Waals surface area (Å²) >= 11 is 0. The molecule has 1 aromatic heterocycles. The van der Waals surface area contributed by atoms with Crippen LogP contribution in [-0.2, 0) is 25.5 Å². The number of para-hydroxylation sites is 2. The topological polar surface area (TPSA) is 180 Å². The number of nitrogens with two attached hydrogens (primary N) is 2. The molecule has 0 bridgehead atoms. The Labute approximate surface area is 237 Å². The lowest BCUT2D eigenvalue weighted by atomic mass is 9.87. The number of fused-ring (bicyclic) bond motifs is 1. The predicted molar refractivity (Wildman–Crippen MR) is 149 cm³/mol. The van der Waals surface area contributed by atoms with Gasteiger partial charge in [-0.25, -0.2) is 9.37 Å². The number of rotatable bonds is 15. The molecular formula is C29H36FN5O6. The van der Waals surface area contributed by atoms with Crippen molar-refractivity contribution in [1.29, 1.82) is 0 Å². The van der Waals surface area contributed by atoms with E-state index in [-0.39, 0.29) is 37.9 Å². The quantitative estimate of drug-likeness (QED) is 0.157. The summed E-state index contributed by atoms with van der Waals surface area (Å²) in [4.78, 5) is 46.1. The molecule has 0 radical (unpaired) electrons. The number of hydrogen-bond acceptors (Lipinski definition) is 9. The maximum atomic E-state index is 14.1. The fourth-order valence-corrected chi connectivity index (χ4v) is 4.28. The predicted octanol–water partition coefficient (Wildman–Crippen LogP) is 2.00. The highest BCUT2D eigenvalue weighted by atomic mass is 19.1. The maximum absolute atomic E-state index is 14.1. The van der Waals surface area contributed by atoms with E-state index in [2.05, 4.69) is 15.3 Å². The first-order valence-electron chi connectivity index (χ1n) is 13.2. The summed E-state index contributed by atoms with van der Waals surface area (Å²) in [6, 6.07) is 12.0. The first kappa shape index (κ1) is 31.5. The molecule has 0 aliphatic heterocycles. The molecule has 41 heavy (non-hydrogen) atoms. The number of carbonyl (C=O) groups is 3. The summed E-state index contributed by atoms with van der Waals surface area (Å²) in [6.07, 6.45) is 1.01. The number of benzene rings is 2. The zero-order valence-corrected chi connectivity index (χ0v) is 23.1. The van der Waals surface area contributed by atoms with Crippen LogP contribution in [0.4, 0.5) is 4.39 Å². The third-order valence-corrected chi connectivity index (χ3v) is 6.48. The van der Waals surface area contributed by atoms with Crippen molar-refractivity contribution in [3.8, 4) is 0 Å². The lowest BCUT2D eigenvalue weighted by molar-refractivity contribution is -0.162. The Morgan fingerprint density at radius 1 is 1.12 bits per heavy atom. The largest absolute Gasteiger partial charge is 0.438 e. The van der Waals surface area contributed by atoms with E-state index < -0.39 is 54.1 Å². The van der Waals surface area contributed by atoms with E-state index in [4.69, 9.17) is 20.9 Å². The average Bonchev–Trinajstić information content (AvgIpc) is 2.92. The normalized spacial score (nSPS) is 13.8. The van der Waals surface area contributed by atoms with Gasteiger partial charge in [-0.2, -0.15) is 0 Å². The molecule has 2 aromatic carbocycles. The number of carbonyl (C=O) groups excluding carboxylic acids is 3. The van der Waals surface area contributed by atoms with Crippen LogP contribution in [0.5, 0.6) is 0 Å². The molecule has 0 aliphatic carbocycles. The van der Waals surface area contributed by atoms with Crippen LogP contribution in [-0.4, -0.2) is 63.9 Å². The van der Waals surface area contributed by atoms with E-state index in [1.165, 1.54) is 24.4 Å². The second kappa shape index (κ2) is 14.6. The molecule has 3 rings (SSSR count). The molecule has 0 saturated carbocycles. The molecule has 3 aromatic rings. The second-order valence-corrected chi connectivity index (χ2v) is 10.4. The Hall–Kier alpha value is -4.00. The Balaban J connectivity index is 1.93. The van der Waals surface area contributed by atoms with E-state index in [0.717, 1.165) is 0 Å². The lowest BCUT2D eigenvalue weighted by Crippen LogP contribution is -2.48. The van der Waals surface area contributed by atoms with Crippen LogP contribution in [0.2, 0.25) is 0 Å². The molecule has 12 heteroatoms. The first-order valence-corrected chi connectivity index (χ1v) is 13.2. The summed E-state index contributed by atoms with van der Waals surface area (Å²) in [5.74, 6) is -3.15. The maximum Gasteiger partial charge on any atom is 0.321 e. The molecule has 0 unspecified atom stereocenters. The van der Waals surface area contributed by atoms with Gasteiger partial charge in [0.05, 0.1) is 41.5 Å². The van der Waals surface area contributed by atoms with Gasteiger partial charge in [0, 0.05) is 5.92 Å². The third-order valence-electron chi connectivity index (χ3n) is 6.48. The summed E-state index contributed by atoms with van der Waals surface area (Å²) in [5, 5.41) is 13.1. The number of ether oxygens (including phenoxy) is 2. The van der Waals surface area contributed by atoms with Crippen molar-refractivity contribution in [3.05, 3.63) is 71.8 Å². The van der Waals surface area contributed by atoms with Gasteiger partial charge < -0.3 is 31.4 Å². The van der Waals surface area contributed by atoms with Crippen LogP contribution < -0.4 is 16.8 Å². The summed E-state index contributed by atoms with van der Waals surface area (Å²) in [6.45, 7) is 2.35. The third kappa shape index (κ3) is 10.2. The minimum atomic E-state index is -1.05. The van der Waals surface area contributed by atoms with E-state index in [9.17, 15) is 23.9 Å². The van der Waals surface area contributed by atoms with Crippen LogP contribution in [0.25, 0.3) is 11.0 Å². The average molecular weight is 570 g/mol. The zero-order valence-electron chi connectivity index (χ0n) is 23.1. The monoisotopic (exact) mass is 569 g/mol. The number of nitrogens with zero attached hydrogens (tertiary/aromatic N) is 2. The van der Waals surface area contributed by atoms with Gasteiger partial charge in [0.2, 0.25) is 5.91 Å². The Bertz CT molecular complexity index is 1350. The molecule has 2 amide bonds. The molecule has 0 spiro atoms. The summed E-state index contributed by atoms with van der Waals surface area (Å²) < 4.78 is 24.9. The van der Waals surface area contributed by atoms with E-state index >= 15 is 0 Å². The Morgan fingerprint density at radius 2 is 1.85 bits per heavy atom. The highest BCUT2D eigenvalue weighted by molar-refractivity contribution is 5.94. The summed E-state index contributed by atoms with van der Waals surface area (Å²) in [5.41, 5.74) is 11.7. The fraction of sp³-hybridized carbons (Fsp3) is 0.414. The van der Waals surface area contributed by atoms with Crippen LogP contribution in [0, 0.1) is 11.7 Å². The molecule has 0 fully saturated rings. The minimum absolute atomic E-state index is 0.00918. The highest BCUT2D eigenvalue weighted by Gasteiger charge is 2.32. The number of aromatic nitrogens is 2. The smallest absolute Gasteiger partial charge is 0.321 e. The van der Waals surface area contributed by atoms with Crippen molar-refractivity contribution in [2.24, 2.45) is 17.4 Å². The van der Waals surface area contributed by atoms with Crippen LogP contribution in [0.1, 0.15) is 49.2 Å². The molecular weight excluding hydrogens is 533 g/mol. The molecule has 3 atom stereocenters. The SMILES string of the molecule is CC(C)(O)CC[C@H](C[C@H](OCOC(=O)CN)[C@H](Cc1cccc(F)c1)NC(=O)c1cnc2ccccc2n1)C(N)=O. The second-order valence-electron chi connectivity index (χ2n) is 10.4. The van der Waals surface area contributed by atoms with Crippen molar-refractivity contribution in [3.63, 3.8) is 0 Å². The van der Waals surface area contributed by atoms with Gasteiger partial charge in [-0.05, 0) is 69.4 Å². The number of esters is 1. The standard InChI is InChI=1S/C29H36FN5O6/c1-29(2,39)11-10-19(27(32)37)14-25(40-17-41-26(36)15-31)23(13-18-6-5-7-20(30)12-18)35-28(38)24-16-33-21-8-3-4-9-22(21)34-24/h3-9,12,16,19,23,25,39H,10-11,13-15,17,31H2,1-2H3,(H2,32,37)(H,35,38)/t19-,23+,25+/m1/s1. The van der Waals surface area contributed by atoms with E-state index in [0.29, 0.717) is 16.6 Å². The van der Waals surface area contributed by atoms with Crippen molar-refractivity contribution in [2.45, 2.75) is 57.3 Å². The molecule has 1 heterocycles. The highest BCUT2D eigenvalue weighted by Crippen LogP contribution is 2.24. The van der Waals surface area contributed by atoms with Crippen LogP contribution in [0.15, 0.2) is 54.7 Å². The summed E-state index contributed by atoms with van der Waals surface area (Å²) in [7, 11) is 0. The van der Waals surface area contributed by atoms with Crippen LogP contribution >= 0.6 is 0 Å². The molecule has 0 saturated heterocycles. The molecule has 0 aliphatic rings. The van der Waals surface area contributed by atoms with Crippen molar-refractivity contribution >= 4 is 28.8 Å². The molecule has 220 valence electrons. The Morgan fingerprint density at radius 3 is 2.51 bits per heavy atom. The number of aliphatic hydroxyl groups is 1. The number of amides is 2. The van der Waals surface area contributed by atoms with Gasteiger partial charge in [-0.1, -0.05) is 24.3 Å². The first-order chi connectivity index (χ1) is 19.4. The zero-order chi connectivity index (χ0) is 30.0. The van der Waals surface area contributed by atoms with Gasteiger partial charge in [0.15, 0.2) is 6.79 Å². The van der Waals surface area contributed by atoms with Gasteiger partial charge in [-0.15, -0.1) is 0 Å². The van der Waals surface area contributed by atoms with Crippen LogP contribution in [0.3, 0.4) is 0 Å². The number of nitrogens with one attached hydrogen (secondary N) is 1. The van der Waals surface area contributed by atoms with Gasteiger partial charge >= 0.3 is 5.97 Å². The van der Waals surface area contributed by atoms with Crippen molar-refractivity contribution < 1.29 is 33.4 Å². The lowest BCUT2D eigenvalue weighted by Gasteiger charge is -2.31. The molecule has 11 nitrogen and oxygen atoms in total.